The molecule has 0 amide bonds. The third-order valence-electron chi connectivity index (χ3n) is 3.73. The predicted octanol–water partition coefficient (Wildman–Crippen LogP) is 3.19. The molecule has 106 valence electrons. The van der Waals surface area contributed by atoms with E-state index in [0.717, 1.165) is 24.0 Å². The molecule has 1 aromatic rings. The fourth-order valence-corrected chi connectivity index (χ4v) is 2.18. The SMILES string of the molecule is CCNc1cc(N(C)C2CCC2)nc(C(C)(C)C)n1. The van der Waals surface area contributed by atoms with Crippen molar-refractivity contribution in [2.45, 2.75) is 58.4 Å². The van der Waals surface area contributed by atoms with Crippen molar-refractivity contribution in [3.05, 3.63) is 11.9 Å². The van der Waals surface area contributed by atoms with Gasteiger partial charge in [0.1, 0.15) is 17.5 Å². The first-order valence-electron chi connectivity index (χ1n) is 7.28. The third kappa shape index (κ3) is 3.17. The molecule has 2 rings (SSSR count). The average Bonchev–Trinajstić information content (AvgIpc) is 2.25. The largest absolute Gasteiger partial charge is 0.370 e. The van der Waals surface area contributed by atoms with Crippen molar-refractivity contribution in [3.63, 3.8) is 0 Å². The zero-order valence-corrected chi connectivity index (χ0v) is 12.8. The lowest BCUT2D eigenvalue weighted by atomic mass is 9.92. The van der Waals surface area contributed by atoms with Crippen LogP contribution in [0, 0.1) is 0 Å². The molecule has 0 bridgehead atoms. The van der Waals surface area contributed by atoms with E-state index >= 15 is 0 Å². The van der Waals surface area contributed by atoms with Crippen LogP contribution in [0.3, 0.4) is 0 Å². The topological polar surface area (TPSA) is 41.0 Å². The van der Waals surface area contributed by atoms with E-state index in [1.165, 1.54) is 19.3 Å². The van der Waals surface area contributed by atoms with Crippen LogP contribution in [0.25, 0.3) is 0 Å². The van der Waals surface area contributed by atoms with E-state index in [9.17, 15) is 0 Å². The summed E-state index contributed by atoms with van der Waals surface area (Å²) in [6, 6.07) is 2.72. The first-order chi connectivity index (χ1) is 8.91. The van der Waals surface area contributed by atoms with Gasteiger partial charge in [0.15, 0.2) is 0 Å². The summed E-state index contributed by atoms with van der Waals surface area (Å²) < 4.78 is 0. The number of rotatable bonds is 4. The molecule has 1 fully saturated rings. The number of hydrogen-bond acceptors (Lipinski definition) is 4. The van der Waals surface area contributed by atoms with Gasteiger partial charge in [0.2, 0.25) is 0 Å². The van der Waals surface area contributed by atoms with Crippen LogP contribution in [0.15, 0.2) is 6.07 Å². The Morgan fingerprint density at radius 3 is 2.47 bits per heavy atom. The standard InChI is InChI=1S/C15H26N4/c1-6-16-12-10-13(19(5)11-8-7-9-11)18-14(17-12)15(2,3)4/h10-11H,6-9H2,1-5H3,(H,16,17,18). The molecule has 1 N–H and O–H groups in total. The monoisotopic (exact) mass is 262 g/mol. The second kappa shape index (κ2) is 5.35. The van der Waals surface area contributed by atoms with Crippen LogP contribution >= 0.6 is 0 Å². The molecule has 1 heterocycles. The van der Waals surface area contributed by atoms with Crippen molar-refractivity contribution in [1.82, 2.24) is 9.97 Å². The lowest BCUT2D eigenvalue weighted by Gasteiger charge is -2.36. The van der Waals surface area contributed by atoms with Gasteiger partial charge in [-0.25, -0.2) is 9.97 Å². The smallest absolute Gasteiger partial charge is 0.138 e. The molecule has 4 heteroatoms. The van der Waals surface area contributed by atoms with Gasteiger partial charge in [0.05, 0.1) is 0 Å². The van der Waals surface area contributed by atoms with E-state index in [-0.39, 0.29) is 5.41 Å². The predicted molar refractivity (Wildman–Crippen MR) is 80.9 cm³/mol. The number of nitrogens with one attached hydrogen (secondary N) is 1. The summed E-state index contributed by atoms with van der Waals surface area (Å²) in [6.07, 6.45) is 3.90. The molecule has 0 spiro atoms. The van der Waals surface area contributed by atoms with Crippen molar-refractivity contribution < 1.29 is 0 Å². The maximum absolute atomic E-state index is 4.76. The highest BCUT2D eigenvalue weighted by molar-refractivity contribution is 5.50. The molecule has 4 nitrogen and oxygen atoms in total. The van der Waals surface area contributed by atoms with Crippen LogP contribution in [0.4, 0.5) is 11.6 Å². The molecule has 0 saturated heterocycles. The average molecular weight is 262 g/mol. The van der Waals surface area contributed by atoms with E-state index in [0.29, 0.717) is 6.04 Å². The van der Waals surface area contributed by atoms with Gasteiger partial charge in [-0.15, -0.1) is 0 Å². The molecule has 0 unspecified atom stereocenters. The first-order valence-corrected chi connectivity index (χ1v) is 7.28. The normalized spacial score (nSPS) is 16.1. The van der Waals surface area contributed by atoms with Gasteiger partial charge < -0.3 is 10.2 Å². The number of anilines is 2. The lowest BCUT2D eigenvalue weighted by molar-refractivity contribution is 0.398. The molecule has 1 aliphatic carbocycles. The highest BCUT2D eigenvalue weighted by Crippen LogP contribution is 2.29. The fourth-order valence-electron chi connectivity index (χ4n) is 2.18. The minimum absolute atomic E-state index is 0.0271. The summed E-state index contributed by atoms with van der Waals surface area (Å²) in [5, 5.41) is 3.31. The zero-order chi connectivity index (χ0) is 14.0. The van der Waals surface area contributed by atoms with Crippen LogP contribution in [0.5, 0.6) is 0 Å². The molecule has 0 radical (unpaired) electrons. The highest BCUT2D eigenvalue weighted by Gasteiger charge is 2.25. The first kappa shape index (κ1) is 14.1. The van der Waals surface area contributed by atoms with Crippen LogP contribution in [-0.2, 0) is 5.41 Å². The quantitative estimate of drug-likeness (QED) is 0.904. The Morgan fingerprint density at radius 2 is 2.00 bits per heavy atom. The van der Waals surface area contributed by atoms with Crippen LogP contribution in [0.2, 0.25) is 0 Å². The highest BCUT2D eigenvalue weighted by atomic mass is 15.2. The molecule has 0 atom stereocenters. The van der Waals surface area contributed by atoms with Gasteiger partial charge in [0.25, 0.3) is 0 Å². The fraction of sp³-hybridized carbons (Fsp3) is 0.733. The Balaban J connectivity index is 2.33. The van der Waals surface area contributed by atoms with Gasteiger partial charge in [-0.3, -0.25) is 0 Å². The van der Waals surface area contributed by atoms with Crippen molar-refractivity contribution >= 4 is 11.6 Å². The van der Waals surface area contributed by atoms with E-state index in [1.807, 2.05) is 0 Å². The minimum Gasteiger partial charge on any atom is -0.370 e. The van der Waals surface area contributed by atoms with E-state index in [4.69, 9.17) is 4.98 Å². The summed E-state index contributed by atoms with van der Waals surface area (Å²) in [5.74, 6) is 2.89. The summed E-state index contributed by atoms with van der Waals surface area (Å²) in [4.78, 5) is 11.7. The molecule has 1 aromatic heterocycles. The molecule has 0 aromatic carbocycles. The van der Waals surface area contributed by atoms with E-state index in [2.05, 4.69) is 56.0 Å². The molecule has 1 saturated carbocycles. The molecular formula is C15H26N4. The van der Waals surface area contributed by atoms with Crippen molar-refractivity contribution in [2.75, 3.05) is 23.8 Å². The Morgan fingerprint density at radius 1 is 1.32 bits per heavy atom. The molecule has 0 aliphatic heterocycles. The van der Waals surface area contributed by atoms with Crippen molar-refractivity contribution in [3.8, 4) is 0 Å². The summed E-state index contributed by atoms with van der Waals surface area (Å²) in [5.41, 5.74) is -0.0271. The number of aromatic nitrogens is 2. The second-order valence-electron chi connectivity index (χ2n) is 6.41. The van der Waals surface area contributed by atoms with Crippen molar-refractivity contribution in [1.29, 1.82) is 0 Å². The molecule has 19 heavy (non-hydrogen) atoms. The second-order valence-corrected chi connectivity index (χ2v) is 6.41. The summed E-state index contributed by atoms with van der Waals surface area (Å²) in [7, 11) is 2.15. The maximum atomic E-state index is 4.76. The van der Waals surface area contributed by atoms with Crippen LogP contribution < -0.4 is 10.2 Å². The summed E-state index contributed by atoms with van der Waals surface area (Å²) >= 11 is 0. The van der Waals surface area contributed by atoms with Gasteiger partial charge in [0, 0.05) is 31.1 Å². The van der Waals surface area contributed by atoms with E-state index in [1.54, 1.807) is 0 Å². The molecule has 1 aliphatic rings. The zero-order valence-electron chi connectivity index (χ0n) is 12.8. The Kier molecular flexibility index (Phi) is 3.97. The number of nitrogens with zero attached hydrogens (tertiary/aromatic N) is 3. The van der Waals surface area contributed by atoms with Crippen LogP contribution in [0.1, 0.15) is 52.8 Å². The van der Waals surface area contributed by atoms with Gasteiger partial charge in [-0.05, 0) is 26.2 Å². The molecular weight excluding hydrogens is 236 g/mol. The van der Waals surface area contributed by atoms with E-state index < -0.39 is 0 Å². The van der Waals surface area contributed by atoms with Gasteiger partial charge in [-0.2, -0.15) is 0 Å². The van der Waals surface area contributed by atoms with Gasteiger partial charge >= 0.3 is 0 Å². The Labute approximate surface area is 116 Å². The Hall–Kier alpha value is -1.32. The van der Waals surface area contributed by atoms with Gasteiger partial charge in [-0.1, -0.05) is 20.8 Å². The van der Waals surface area contributed by atoms with Crippen molar-refractivity contribution in [2.24, 2.45) is 0 Å². The minimum atomic E-state index is -0.0271. The van der Waals surface area contributed by atoms with Crippen LogP contribution in [-0.4, -0.2) is 29.6 Å². The maximum Gasteiger partial charge on any atom is 0.138 e. The number of hydrogen-bond donors (Lipinski definition) is 1. The lowest BCUT2D eigenvalue weighted by Crippen LogP contribution is -2.38. The summed E-state index contributed by atoms with van der Waals surface area (Å²) in [6.45, 7) is 9.45. The Bertz CT molecular complexity index is 432. The third-order valence-corrected chi connectivity index (χ3v) is 3.73.